The van der Waals surface area contributed by atoms with Crippen LogP contribution in [0.1, 0.15) is 38.6 Å². The first-order valence-electron chi connectivity index (χ1n) is 6.02. The van der Waals surface area contributed by atoms with Crippen LogP contribution in [0.4, 0.5) is 0 Å². The molecule has 0 aromatic carbocycles. The molecule has 2 atom stereocenters. The van der Waals surface area contributed by atoms with Gasteiger partial charge in [0.25, 0.3) is 0 Å². The fourth-order valence-electron chi connectivity index (χ4n) is 1.72. The van der Waals surface area contributed by atoms with E-state index < -0.39 is 0 Å². The first kappa shape index (κ1) is 14.1. The van der Waals surface area contributed by atoms with Crippen molar-refractivity contribution in [2.75, 3.05) is 11.5 Å². The second-order valence-electron chi connectivity index (χ2n) is 4.46. The van der Waals surface area contributed by atoms with E-state index in [1.54, 1.807) is 0 Å². The van der Waals surface area contributed by atoms with Gasteiger partial charge < -0.3 is 5.32 Å². The van der Waals surface area contributed by atoms with Crippen molar-refractivity contribution in [3.63, 3.8) is 0 Å². The van der Waals surface area contributed by atoms with Crippen LogP contribution in [-0.2, 0) is 0 Å². The summed E-state index contributed by atoms with van der Waals surface area (Å²) in [6.45, 7) is 9.08. The van der Waals surface area contributed by atoms with Crippen molar-refractivity contribution < 1.29 is 0 Å². The predicted octanol–water partition coefficient (Wildman–Crippen LogP) is 4.18. The molecule has 1 nitrogen and oxygen atoms in total. The second-order valence-corrected chi connectivity index (χ2v) is 6.76. The van der Waals surface area contributed by atoms with E-state index in [1.165, 1.54) is 16.4 Å². The lowest BCUT2D eigenvalue weighted by Gasteiger charge is -2.25. The Morgan fingerprint density at radius 2 is 2.12 bits per heavy atom. The summed E-state index contributed by atoms with van der Waals surface area (Å²) < 4.78 is 0. The number of thioether (sulfide) groups is 1. The van der Waals surface area contributed by atoms with Crippen molar-refractivity contribution in [1.82, 2.24) is 5.32 Å². The van der Waals surface area contributed by atoms with Gasteiger partial charge in [0.15, 0.2) is 0 Å². The highest BCUT2D eigenvalue weighted by Gasteiger charge is 2.18. The van der Waals surface area contributed by atoms with Gasteiger partial charge in [-0.2, -0.15) is 11.8 Å². The Labute approximate surface area is 108 Å². The number of hydrogen-bond donors (Lipinski definition) is 1. The van der Waals surface area contributed by atoms with E-state index in [4.69, 9.17) is 0 Å². The van der Waals surface area contributed by atoms with Crippen molar-refractivity contribution >= 4 is 23.1 Å². The maximum absolute atomic E-state index is 3.74. The van der Waals surface area contributed by atoms with Gasteiger partial charge >= 0.3 is 0 Å². The summed E-state index contributed by atoms with van der Waals surface area (Å²) in [5.74, 6) is 3.05. The van der Waals surface area contributed by atoms with Gasteiger partial charge in [0.05, 0.1) is 0 Å². The zero-order chi connectivity index (χ0) is 12.0. The quantitative estimate of drug-likeness (QED) is 0.786. The molecule has 1 rings (SSSR count). The predicted molar refractivity (Wildman–Crippen MR) is 77.5 cm³/mol. The number of hydrogen-bond acceptors (Lipinski definition) is 3. The average molecular weight is 257 g/mol. The van der Waals surface area contributed by atoms with Gasteiger partial charge in [0.2, 0.25) is 0 Å². The Bertz CT molecular complexity index is 269. The molecule has 1 aromatic rings. The van der Waals surface area contributed by atoms with E-state index in [0.29, 0.717) is 18.0 Å². The van der Waals surface area contributed by atoms with Crippen molar-refractivity contribution in [1.29, 1.82) is 0 Å². The summed E-state index contributed by atoms with van der Waals surface area (Å²) in [7, 11) is 0. The summed E-state index contributed by atoms with van der Waals surface area (Å²) in [5, 5.41) is 5.91. The third kappa shape index (κ3) is 4.48. The molecule has 16 heavy (non-hydrogen) atoms. The monoisotopic (exact) mass is 257 g/mol. The van der Waals surface area contributed by atoms with Crippen molar-refractivity contribution in [3.8, 4) is 0 Å². The molecule has 0 saturated heterocycles. The number of thiophene rings is 1. The molecule has 0 aliphatic heterocycles. The summed E-state index contributed by atoms with van der Waals surface area (Å²) in [5.41, 5.74) is 0. The third-order valence-electron chi connectivity index (χ3n) is 2.55. The number of nitrogens with one attached hydrogen (secondary N) is 1. The summed E-state index contributed by atoms with van der Waals surface area (Å²) >= 11 is 3.86. The molecule has 0 spiro atoms. The molecule has 0 saturated carbocycles. The van der Waals surface area contributed by atoms with Gasteiger partial charge in [-0.05, 0) is 30.0 Å². The van der Waals surface area contributed by atoms with Crippen molar-refractivity contribution in [3.05, 3.63) is 22.4 Å². The fourth-order valence-corrected chi connectivity index (χ4v) is 3.36. The lowest BCUT2D eigenvalue weighted by atomic mass is 10.0. The van der Waals surface area contributed by atoms with E-state index >= 15 is 0 Å². The van der Waals surface area contributed by atoms with Crippen LogP contribution in [0, 0.1) is 5.92 Å². The first-order valence-corrected chi connectivity index (χ1v) is 8.05. The topological polar surface area (TPSA) is 12.0 Å². The maximum Gasteiger partial charge on any atom is 0.0440 e. The minimum Gasteiger partial charge on any atom is -0.306 e. The normalized spacial score (nSPS) is 15.3. The Morgan fingerprint density at radius 3 is 2.62 bits per heavy atom. The Kier molecular flexibility index (Phi) is 6.47. The molecule has 0 amide bonds. The van der Waals surface area contributed by atoms with Crippen LogP contribution >= 0.6 is 23.1 Å². The Hall–Kier alpha value is 0.01000. The van der Waals surface area contributed by atoms with Gasteiger partial charge in [0, 0.05) is 22.7 Å². The van der Waals surface area contributed by atoms with Crippen LogP contribution in [0.25, 0.3) is 0 Å². The zero-order valence-corrected chi connectivity index (χ0v) is 12.3. The van der Waals surface area contributed by atoms with Crippen LogP contribution in [0.2, 0.25) is 0 Å². The molecule has 0 aliphatic rings. The van der Waals surface area contributed by atoms with Gasteiger partial charge in [-0.15, -0.1) is 11.3 Å². The first-order chi connectivity index (χ1) is 7.65. The van der Waals surface area contributed by atoms with E-state index in [0.717, 1.165) is 0 Å². The lowest BCUT2D eigenvalue weighted by molar-refractivity contribution is 0.389. The summed E-state index contributed by atoms with van der Waals surface area (Å²) in [6.07, 6.45) is 0. The van der Waals surface area contributed by atoms with Crippen LogP contribution in [-0.4, -0.2) is 17.5 Å². The Morgan fingerprint density at radius 1 is 1.38 bits per heavy atom. The van der Waals surface area contributed by atoms with Crippen LogP contribution < -0.4 is 5.32 Å². The van der Waals surface area contributed by atoms with Gasteiger partial charge in [-0.1, -0.05) is 26.8 Å². The second kappa shape index (κ2) is 7.36. The smallest absolute Gasteiger partial charge is 0.0440 e. The van der Waals surface area contributed by atoms with Crippen molar-refractivity contribution in [2.45, 2.75) is 39.8 Å². The average Bonchev–Trinajstić information content (AvgIpc) is 2.75. The zero-order valence-electron chi connectivity index (χ0n) is 10.7. The molecule has 0 radical (unpaired) electrons. The van der Waals surface area contributed by atoms with Gasteiger partial charge in [0.1, 0.15) is 0 Å². The number of rotatable bonds is 7. The Balaban J connectivity index is 2.52. The lowest BCUT2D eigenvalue weighted by Crippen LogP contribution is -2.34. The standard InChI is InChI=1S/C13H23NS2/c1-5-15-9-11(4)14-13(10(2)3)12-7-6-8-16-12/h6-8,10-11,13-14H,5,9H2,1-4H3. The minimum atomic E-state index is 0.507. The minimum absolute atomic E-state index is 0.507. The maximum atomic E-state index is 3.74. The molecule has 0 bridgehead atoms. The van der Waals surface area contributed by atoms with E-state index in [2.05, 4.69) is 50.5 Å². The van der Waals surface area contributed by atoms with Crippen molar-refractivity contribution in [2.24, 2.45) is 5.92 Å². The molecule has 1 heterocycles. The molecule has 92 valence electrons. The van der Waals surface area contributed by atoms with Gasteiger partial charge in [-0.3, -0.25) is 0 Å². The van der Waals surface area contributed by atoms with E-state index in [1.807, 2.05) is 23.1 Å². The highest BCUT2D eigenvalue weighted by molar-refractivity contribution is 7.99. The summed E-state index contributed by atoms with van der Waals surface area (Å²) in [6, 6.07) is 5.47. The van der Waals surface area contributed by atoms with Gasteiger partial charge in [-0.25, -0.2) is 0 Å². The SMILES string of the molecule is CCSCC(C)NC(c1cccs1)C(C)C. The summed E-state index contributed by atoms with van der Waals surface area (Å²) in [4.78, 5) is 1.46. The molecular formula is C13H23NS2. The molecule has 1 aromatic heterocycles. The molecule has 0 aliphatic carbocycles. The molecule has 2 unspecified atom stereocenters. The van der Waals surface area contributed by atoms with Crippen LogP contribution in [0.15, 0.2) is 17.5 Å². The van der Waals surface area contributed by atoms with E-state index in [9.17, 15) is 0 Å². The fraction of sp³-hybridized carbons (Fsp3) is 0.692. The third-order valence-corrected chi connectivity index (χ3v) is 4.65. The van der Waals surface area contributed by atoms with E-state index in [-0.39, 0.29) is 0 Å². The largest absolute Gasteiger partial charge is 0.306 e. The molecule has 1 N–H and O–H groups in total. The molecule has 3 heteroatoms. The molecule has 0 fully saturated rings. The highest BCUT2D eigenvalue weighted by atomic mass is 32.2. The van der Waals surface area contributed by atoms with Crippen LogP contribution in [0.3, 0.4) is 0 Å². The van der Waals surface area contributed by atoms with Crippen LogP contribution in [0.5, 0.6) is 0 Å². The highest BCUT2D eigenvalue weighted by Crippen LogP contribution is 2.26. The molecular weight excluding hydrogens is 234 g/mol.